The van der Waals surface area contributed by atoms with Crippen LogP contribution in [0.5, 0.6) is 5.75 Å². The molecule has 2 N–H and O–H groups in total. The number of urea groups is 1. The van der Waals surface area contributed by atoms with Crippen LogP contribution in [-0.4, -0.2) is 61.5 Å². The maximum absolute atomic E-state index is 13.0. The van der Waals surface area contributed by atoms with Gasteiger partial charge in [0.05, 0.1) is 31.2 Å². The summed E-state index contributed by atoms with van der Waals surface area (Å²) < 4.78 is 15.8. The maximum atomic E-state index is 13.0. The predicted molar refractivity (Wildman–Crippen MR) is 126 cm³/mol. The zero-order valence-electron chi connectivity index (χ0n) is 19.1. The quantitative estimate of drug-likeness (QED) is 0.348. The van der Waals surface area contributed by atoms with Gasteiger partial charge in [-0.3, -0.25) is 9.69 Å². The van der Waals surface area contributed by atoms with Crippen LogP contribution in [0.2, 0.25) is 0 Å². The Labute approximate surface area is 201 Å². The Bertz CT molecular complexity index is 1020. The van der Waals surface area contributed by atoms with Crippen molar-refractivity contribution in [3.63, 3.8) is 0 Å². The summed E-state index contributed by atoms with van der Waals surface area (Å²) in [4.78, 5) is 39.4. The van der Waals surface area contributed by atoms with Crippen molar-refractivity contribution in [3.8, 4) is 5.75 Å². The SMILES string of the molecule is COCCOC(=O)C1=C(C)N(CCc2cccs2)C(=O)NC1c1ccc(OCCC(=O)O)cc1. The molecule has 0 radical (unpaired) electrons. The molecule has 3 rings (SSSR count). The number of benzene rings is 1. The molecule has 1 aliphatic rings. The monoisotopic (exact) mass is 488 g/mol. The second-order valence-electron chi connectivity index (χ2n) is 7.55. The van der Waals surface area contributed by atoms with Gasteiger partial charge in [0.1, 0.15) is 12.4 Å². The van der Waals surface area contributed by atoms with Gasteiger partial charge in [-0.2, -0.15) is 0 Å². The summed E-state index contributed by atoms with van der Waals surface area (Å²) in [6.07, 6.45) is 0.558. The van der Waals surface area contributed by atoms with E-state index in [9.17, 15) is 14.4 Å². The number of carboxylic acids is 1. The number of rotatable bonds is 12. The minimum atomic E-state index is -0.942. The van der Waals surface area contributed by atoms with Gasteiger partial charge in [0, 0.05) is 24.2 Å². The molecular weight excluding hydrogens is 460 g/mol. The third-order valence-corrected chi connectivity index (χ3v) is 6.23. The molecule has 182 valence electrons. The predicted octanol–water partition coefficient (Wildman–Crippen LogP) is 3.37. The fourth-order valence-electron chi connectivity index (χ4n) is 3.55. The first kappa shape index (κ1) is 25.3. The summed E-state index contributed by atoms with van der Waals surface area (Å²) in [5, 5.41) is 13.7. The zero-order chi connectivity index (χ0) is 24.5. The van der Waals surface area contributed by atoms with Crippen LogP contribution in [-0.2, 0) is 25.5 Å². The van der Waals surface area contributed by atoms with Crippen LogP contribution in [0.4, 0.5) is 4.79 Å². The van der Waals surface area contributed by atoms with E-state index in [2.05, 4.69) is 5.32 Å². The zero-order valence-corrected chi connectivity index (χ0v) is 19.9. The molecule has 2 aromatic rings. The lowest BCUT2D eigenvalue weighted by Gasteiger charge is -2.35. The Morgan fingerprint density at radius 1 is 1.15 bits per heavy atom. The summed E-state index contributed by atoms with van der Waals surface area (Å²) in [6.45, 7) is 2.58. The Kier molecular flexibility index (Phi) is 9.06. The van der Waals surface area contributed by atoms with Gasteiger partial charge in [-0.1, -0.05) is 18.2 Å². The second-order valence-corrected chi connectivity index (χ2v) is 8.58. The molecule has 34 heavy (non-hydrogen) atoms. The molecule has 10 heteroatoms. The number of carbonyl (C=O) groups is 3. The number of ether oxygens (including phenoxy) is 3. The standard InChI is InChI=1S/C24H28N2O7S/c1-16-21(23(29)33-14-13-31-2)22(17-5-7-18(8-6-17)32-12-10-20(27)28)25-24(30)26(16)11-9-19-4-3-15-34-19/h3-8,15,22H,9-14H2,1-2H3,(H,25,30)(H,27,28). The molecule has 1 aromatic carbocycles. The van der Waals surface area contributed by atoms with Gasteiger partial charge in [0.25, 0.3) is 0 Å². The molecule has 0 fully saturated rings. The summed E-state index contributed by atoms with van der Waals surface area (Å²) >= 11 is 1.62. The average Bonchev–Trinajstić information content (AvgIpc) is 3.32. The van der Waals surface area contributed by atoms with Crippen LogP contribution < -0.4 is 10.1 Å². The van der Waals surface area contributed by atoms with Gasteiger partial charge in [-0.25, -0.2) is 9.59 Å². The van der Waals surface area contributed by atoms with Gasteiger partial charge in [-0.15, -0.1) is 11.3 Å². The molecule has 1 atom stereocenters. The van der Waals surface area contributed by atoms with Crippen molar-refractivity contribution in [1.29, 1.82) is 0 Å². The highest BCUT2D eigenvalue weighted by Gasteiger charge is 2.36. The molecule has 0 saturated heterocycles. The number of hydrogen-bond acceptors (Lipinski definition) is 7. The molecule has 0 aliphatic carbocycles. The number of esters is 1. The Balaban J connectivity index is 1.83. The first-order valence-electron chi connectivity index (χ1n) is 10.8. The van der Waals surface area contributed by atoms with Gasteiger partial charge in [0.15, 0.2) is 0 Å². The highest BCUT2D eigenvalue weighted by atomic mass is 32.1. The van der Waals surface area contributed by atoms with Gasteiger partial charge >= 0.3 is 18.0 Å². The molecule has 0 spiro atoms. The number of nitrogens with one attached hydrogen (secondary N) is 1. The van der Waals surface area contributed by atoms with Gasteiger partial charge < -0.3 is 24.6 Å². The Morgan fingerprint density at radius 2 is 1.91 bits per heavy atom. The first-order valence-corrected chi connectivity index (χ1v) is 11.7. The van der Waals surface area contributed by atoms with E-state index in [-0.39, 0.29) is 32.3 Å². The van der Waals surface area contributed by atoms with E-state index in [0.29, 0.717) is 35.5 Å². The van der Waals surface area contributed by atoms with E-state index in [1.165, 1.54) is 7.11 Å². The smallest absolute Gasteiger partial charge is 0.338 e. The van der Waals surface area contributed by atoms with E-state index in [1.54, 1.807) is 47.4 Å². The third kappa shape index (κ3) is 6.58. The number of hydrogen-bond donors (Lipinski definition) is 2. The van der Waals surface area contributed by atoms with Crippen LogP contribution >= 0.6 is 11.3 Å². The second kappa shape index (κ2) is 12.2. The van der Waals surface area contributed by atoms with E-state index in [1.807, 2.05) is 17.5 Å². The maximum Gasteiger partial charge on any atom is 0.338 e. The van der Waals surface area contributed by atoms with Gasteiger partial charge in [-0.05, 0) is 42.5 Å². The van der Waals surface area contributed by atoms with E-state index >= 15 is 0 Å². The fourth-order valence-corrected chi connectivity index (χ4v) is 4.25. The average molecular weight is 489 g/mol. The highest BCUT2D eigenvalue weighted by molar-refractivity contribution is 7.09. The molecule has 1 aliphatic heterocycles. The van der Waals surface area contributed by atoms with Crippen molar-refractivity contribution >= 4 is 29.3 Å². The number of amides is 2. The normalized spacial score (nSPS) is 15.8. The van der Waals surface area contributed by atoms with Crippen LogP contribution in [0.25, 0.3) is 0 Å². The molecular formula is C24H28N2O7S. The summed E-state index contributed by atoms with van der Waals surface area (Å²) in [5.74, 6) is -0.973. The van der Waals surface area contributed by atoms with Crippen molar-refractivity contribution < 1.29 is 33.7 Å². The molecule has 1 unspecified atom stereocenters. The lowest BCUT2D eigenvalue weighted by Crippen LogP contribution is -2.48. The number of methoxy groups -OCH3 is 1. The lowest BCUT2D eigenvalue weighted by atomic mass is 9.94. The molecule has 0 bridgehead atoms. The van der Waals surface area contributed by atoms with Crippen molar-refractivity contribution in [3.05, 3.63) is 63.5 Å². The minimum absolute atomic E-state index is 0.0458. The van der Waals surface area contributed by atoms with Crippen LogP contribution in [0.15, 0.2) is 53.0 Å². The third-order valence-electron chi connectivity index (χ3n) is 5.30. The molecule has 2 amide bonds. The fraction of sp³-hybridized carbons (Fsp3) is 0.375. The van der Waals surface area contributed by atoms with Crippen LogP contribution in [0.1, 0.15) is 29.8 Å². The molecule has 0 saturated carbocycles. The van der Waals surface area contributed by atoms with E-state index in [0.717, 1.165) is 4.88 Å². The Hall–Kier alpha value is -3.37. The number of nitrogens with zero attached hydrogens (tertiary/aromatic N) is 1. The largest absolute Gasteiger partial charge is 0.493 e. The summed E-state index contributed by atoms with van der Waals surface area (Å²) in [7, 11) is 1.52. The number of thiophene rings is 1. The lowest BCUT2D eigenvalue weighted by molar-refractivity contribution is -0.141. The van der Waals surface area contributed by atoms with Crippen molar-refractivity contribution in [1.82, 2.24) is 10.2 Å². The topological polar surface area (TPSA) is 114 Å². The molecule has 1 aromatic heterocycles. The van der Waals surface area contributed by atoms with Crippen LogP contribution in [0, 0.1) is 0 Å². The van der Waals surface area contributed by atoms with Crippen molar-refractivity contribution in [2.45, 2.75) is 25.8 Å². The first-order chi connectivity index (χ1) is 16.4. The molecule has 9 nitrogen and oxygen atoms in total. The number of aliphatic carboxylic acids is 1. The summed E-state index contributed by atoms with van der Waals surface area (Å²) in [6, 6.07) is 9.79. The van der Waals surface area contributed by atoms with E-state index < -0.39 is 18.0 Å². The number of allylic oxidation sites excluding steroid dienone is 1. The highest BCUT2D eigenvalue weighted by Crippen LogP contribution is 2.32. The minimum Gasteiger partial charge on any atom is -0.493 e. The van der Waals surface area contributed by atoms with Crippen molar-refractivity contribution in [2.24, 2.45) is 0 Å². The van der Waals surface area contributed by atoms with Crippen molar-refractivity contribution in [2.75, 3.05) is 33.5 Å². The number of carbonyl (C=O) groups excluding carboxylic acids is 2. The summed E-state index contributed by atoms with van der Waals surface area (Å²) in [5.41, 5.74) is 1.56. The molecule has 2 heterocycles. The number of carboxylic acid groups (broad SMARTS) is 1. The Morgan fingerprint density at radius 3 is 2.56 bits per heavy atom. The van der Waals surface area contributed by atoms with Gasteiger partial charge in [0.2, 0.25) is 0 Å². The van der Waals surface area contributed by atoms with Crippen LogP contribution in [0.3, 0.4) is 0 Å². The van der Waals surface area contributed by atoms with E-state index in [4.69, 9.17) is 19.3 Å².